The van der Waals surface area contributed by atoms with Gasteiger partial charge in [-0.2, -0.15) is 0 Å². The van der Waals surface area contributed by atoms with Crippen molar-refractivity contribution in [2.24, 2.45) is 10.9 Å². The number of amidine groups is 1. The molecule has 0 bridgehead atoms. The minimum Gasteiger partial charge on any atom is -0.497 e. The zero-order valence-corrected chi connectivity index (χ0v) is 19.1. The smallest absolute Gasteiger partial charge is 0.266 e. The van der Waals surface area contributed by atoms with Crippen LogP contribution in [0.1, 0.15) is 19.4 Å². The molecule has 31 heavy (non-hydrogen) atoms. The molecule has 0 atom stereocenters. The Kier molecular flexibility index (Phi) is 8.14. The zero-order valence-electron chi connectivity index (χ0n) is 18.3. The molecule has 0 unspecified atom stereocenters. The van der Waals surface area contributed by atoms with Gasteiger partial charge in [-0.1, -0.05) is 26.0 Å². The van der Waals surface area contributed by atoms with Crippen molar-refractivity contribution < 1.29 is 19.0 Å². The Morgan fingerprint density at radius 1 is 1.03 bits per heavy atom. The van der Waals surface area contributed by atoms with Crippen LogP contribution < -0.4 is 9.47 Å². The van der Waals surface area contributed by atoms with Crippen molar-refractivity contribution in [3.05, 3.63) is 59.0 Å². The summed E-state index contributed by atoms with van der Waals surface area (Å²) in [6.07, 6.45) is 1.88. The van der Waals surface area contributed by atoms with Gasteiger partial charge in [-0.25, -0.2) is 4.99 Å². The Bertz CT molecular complexity index is 937. The lowest BCUT2D eigenvalue weighted by Gasteiger charge is -2.14. The number of ether oxygens (including phenoxy) is 3. The number of hydrogen-bond donors (Lipinski definition) is 0. The molecule has 164 valence electrons. The number of thioether (sulfide) groups is 1. The first-order valence-corrected chi connectivity index (χ1v) is 11.0. The van der Waals surface area contributed by atoms with E-state index in [1.54, 1.807) is 19.1 Å². The molecule has 2 aromatic rings. The van der Waals surface area contributed by atoms with Crippen LogP contribution in [0.25, 0.3) is 6.08 Å². The van der Waals surface area contributed by atoms with Crippen LogP contribution in [0.3, 0.4) is 0 Å². The second-order valence-corrected chi connectivity index (χ2v) is 8.44. The average molecular weight is 441 g/mol. The van der Waals surface area contributed by atoms with E-state index in [2.05, 4.69) is 18.8 Å². The number of benzene rings is 2. The molecule has 7 heteroatoms. The van der Waals surface area contributed by atoms with Gasteiger partial charge in [0.25, 0.3) is 5.91 Å². The largest absolute Gasteiger partial charge is 0.497 e. The highest BCUT2D eigenvalue weighted by atomic mass is 32.2. The summed E-state index contributed by atoms with van der Waals surface area (Å²) in [5.41, 5.74) is 1.69. The molecule has 6 nitrogen and oxygen atoms in total. The van der Waals surface area contributed by atoms with Crippen molar-refractivity contribution in [3.8, 4) is 11.5 Å². The highest BCUT2D eigenvalue weighted by Gasteiger charge is 2.33. The molecule has 0 aromatic heterocycles. The second-order valence-electron chi connectivity index (χ2n) is 7.43. The van der Waals surface area contributed by atoms with E-state index >= 15 is 0 Å². The van der Waals surface area contributed by atoms with Crippen molar-refractivity contribution in [3.63, 3.8) is 0 Å². The molecule has 2 aromatic carbocycles. The van der Waals surface area contributed by atoms with Crippen molar-refractivity contribution in [2.45, 2.75) is 13.8 Å². The molecular formula is C24H28N2O4S. The minimum atomic E-state index is -0.0746. The van der Waals surface area contributed by atoms with Gasteiger partial charge < -0.3 is 14.2 Å². The van der Waals surface area contributed by atoms with Gasteiger partial charge in [-0.3, -0.25) is 9.69 Å². The summed E-state index contributed by atoms with van der Waals surface area (Å²) in [5.74, 6) is 1.98. The quantitative estimate of drug-likeness (QED) is 0.515. The third-order valence-corrected chi connectivity index (χ3v) is 5.47. The number of amides is 1. The Hall–Kier alpha value is -2.77. The van der Waals surface area contributed by atoms with Gasteiger partial charge in [0.15, 0.2) is 5.17 Å². The fourth-order valence-corrected chi connectivity index (χ4v) is 3.84. The van der Waals surface area contributed by atoms with Crippen LogP contribution in [0.5, 0.6) is 11.5 Å². The minimum absolute atomic E-state index is 0.0746. The van der Waals surface area contributed by atoms with Crippen molar-refractivity contribution >= 4 is 34.6 Å². The molecular weight excluding hydrogens is 412 g/mol. The van der Waals surface area contributed by atoms with E-state index < -0.39 is 0 Å². The first kappa shape index (κ1) is 22.9. The lowest BCUT2D eigenvalue weighted by Crippen LogP contribution is -2.32. The van der Waals surface area contributed by atoms with Crippen LogP contribution in [0.4, 0.5) is 5.69 Å². The molecule has 0 aliphatic carbocycles. The molecule has 3 rings (SSSR count). The van der Waals surface area contributed by atoms with Crippen molar-refractivity contribution in [2.75, 3.05) is 34.0 Å². The standard InChI is InChI=1S/C24H28N2O4S/c1-17(2)16-30-21-9-5-18(6-10-21)15-22-23(27)26(13-14-28-3)24(31-22)25-19-7-11-20(29-4)12-8-19/h5-12,15,17H,13-14,16H2,1-4H3/b22-15-,25-24?. The normalized spacial score (nSPS) is 16.5. The SMILES string of the molecule is COCCN1C(=O)/C(=C/c2ccc(OCC(C)C)cc2)SC1=Nc1ccc(OC)cc1. The van der Waals surface area contributed by atoms with E-state index in [0.717, 1.165) is 22.7 Å². The van der Waals surface area contributed by atoms with Gasteiger partial charge in [0.1, 0.15) is 11.5 Å². The maximum absolute atomic E-state index is 13.0. The van der Waals surface area contributed by atoms with Crippen LogP contribution in [0.15, 0.2) is 58.4 Å². The molecule has 0 spiro atoms. The Labute approximate surface area is 187 Å². The summed E-state index contributed by atoms with van der Waals surface area (Å²) in [4.78, 5) is 20.0. The van der Waals surface area contributed by atoms with Gasteiger partial charge >= 0.3 is 0 Å². The van der Waals surface area contributed by atoms with E-state index in [1.807, 2.05) is 54.6 Å². The highest BCUT2D eigenvalue weighted by molar-refractivity contribution is 8.18. The first-order valence-electron chi connectivity index (χ1n) is 10.2. The zero-order chi connectivity index (χ0) is 22.2. The maximum Gasteiger partial charge on any atom is 0.266 e. The predicted molar refractivity (Wildman–Crippen MR) is 126 cm³/mol. The average Bonchev–Trinajstić information content (AvgIpc) is 3.06. The molecule has 1 heterocycles. The van der Waals surface area contributed by atoms with Gasteiger partial charge in [-0.15, -0.1) is 0 Å². The summed E-state index contributed by atoms with van der Waals surface area (Å²) in [6, 6.07) is 15.2. The van der Waals surface area contributed by atoms with Gasteiger partial charge in [0.2, 0.25) is 0 Å². The highest BCUT2D eigenvalue weighted by Crippen LogP contribution is 2.34. The topological polar surface area (TPSA) is 60.4 Å². The number of carbonyl (C=O) groups is 1. The van der Waals surface area contributed by atoms with E-state index in [0.29, 0.717) is 35.7 Å². The summed E-state index contributed by atoms with van der Waals surface area (Å²) in [6.45, 7) is 5.78. The lowest BCUT2D eigenvalue weighted by molar-refractivity contribution is -0.122. The first-order chi connectivity index (χ1) is 15.0. The number of aliphatic imine (C=N–C) groups is 1. The lowest BCUT2D eigenvalue weighted by atomic mass is 10.2. The predicted octanol–water partition coefficient (Wildman–Crippen LogP) is 4.98. The second kappa shape index (κ2) is 11.0. The van der Waals surface area contributed by atoms with Crippen LogP contribution in [-0.2, 0) is 9.53 Å². The third kappa shape index (κ3) is 6.35. The Morgan fingerprint density at radius 3 is 2.32 bits per heavy atom. The number of carbonyl (C=O) groups excluding carboxylic acids is 1. The number of methoxy groups -OCH3 is 2. The fraction of sp³-hybridized carbons (Fsp3) is 0.333. The van der Waals surface area contributed by atoms with Gasteiger partial charge in [-0.05, 0) is 65.7 Å². The van der Waals surface area contributed by atoms with Crippen LogP contribution in [-0.4, -0.2) is 50.0 Å². The summed E-state index contributed by atoms with van der Waals surface area (Å²) >= 11 is 1.36. The maximum atomic E-state index is 13.0. The molecule has 1 fully saturated rings. The molecule has 0 radical (unpaired) electrons. The molecule has 1 aliphatic heterocycles. The number of rotatable bonds is 9. The van der Waals surface area contributed by atoms with Gasteiger partial charge in [0, 0.05) is 7.11 Å². The van der Waals surface area contributed by atoms with Crippen molar-refractivity contribution in [1.82, 2.24) is 4.90 Å². The van der Waals surface area contributed by atoms with Gasteiger partial charge in [0.05, 0.1) is 37.5 Å². The molecule has 1 aliphatic rings. The monoisotopic (exact) mass is 440 g/mol. The third-order valence-electron chi connectivity index (χ3n) is 4.47. The molecule has 1 saturated heterocycles. The summed E-state index contributed by atoms with van der Waals surface area (Å²) < 4.78 is 16.1. The van der Waals surface area contributed by atoms with E-state index in [9.17, 15) is 4.79 Å². The van der Waals surface area contributed by atoms with Crippen molar-refractivity contribution in [1.29, 1.82) is 0 Å². The van der Waals surface area contributed by atoms with E-state index in [1.165, 1.54) is 11.8 Å². The van der Waals surface area contributed by atoms with E-state index in [4.69, 9.17) is 14.2 Å². The van der Waals surface area contributed by atoms with Crippen LogP contribution in [0, 0.1) is 5.92 Å². The van der Waals surface area contributed by atoms with E-state index in [-0.39, 0.29) is 5.91 Å². The number of nitrogens with zero attached hydrogens (tertiary/aromatic N) is 2. The molecule has 0 N–H and O–H groups in total. The molecule has 0 saturated carbocycles. The Morgan fingerprint density at radius 2 is 1.71 bits per heavy atom. The van der Waals surface area contributed by atoms with Crippen LogP contribution >= 0.6 is 11.8 Å². The molecule has 1 amide bonds. The Balaban J connectivity index is 1.80. The summed E-state index contributed by atoms with van der Waals surface area (Å²) in [5, 5.41) is 0.635. The summed E-state index contributed by atoms with van der Waals surface area (Å²) in [7, 11) is 3.24. The van der Waals surface area contributed by atoms with Crippen LogP contribution in [0.2, 0.25) is 0 Å². The number of hydrogen-bond acceptors (Lipinski definition) is 6. The fourth-order valence-electron chi connectivity index (χ4n) is 2.81.